The normalized spacial score (nSPS) is 24.0. The van der Waals surface area contributed by atoms with Gasteiger partial charge >= 0.3 is 0 Å². The lowest BCUT2D eigenvalue weighted by Gasteiger charge is -2.30. The standard InChI is InChI=1S/C20H28N2O3/c1-12(2)10-22(11-18(21)23)19(24)16-9-20(16)5-6-25-17-8-14(4)13(3)7-15(17)20/h7-8,12,16H,5-6,9-11H2,1-4H3,(H2,21,23)/t16-,20-/m0/s1. The lowest BCUT2D eigenvalue weighted by Crippen LogP contribution is -2.42. The molecule has 0 unspecified atom stereocenters. The number of amides is 2. The van der Waals surface area contributed by atoms with Crippen LogP contribution < -0.4 is 10.5 Å². The second kappa shape index (κ2) is 6.36. The molecule has 1 fully saturated rings. The number of aryl methyl sites for hydroxylation is 2. The molecule has 1 aromatic rings. The molecule has 1 aromatic carbocycles. The van der Waals surface area contributed by atoms with E-state index in [0.717, 1.165) is 24.2 Å². The van der Waals surface area contributed by atoms with E-state index in [1.165, 1.54) is 11.1 Å². The molecule has 1 aliphatic heterocycles. The molecule has 0 saturated heterocycles. The van der Waals surface area contributed by atoms with Crippen LogP contribution in [0.5, 0.6) is 5.75 Å². The van der Waals surface area contributed by atoms with Gasteiger partial charge in [-0.1, -0.05) is 19.9 Å². The molecule has 5 heteroatoms. The number of ether oxygens (including phenoxy) is 1. The van der Waals surface area contributed by atoms with E-state index in [-0.39, 0.29) is 23.8 Å². The average molecular weight is 344 g/mol. The minimum absolute atomic E-state index is 0.000123. The van der Waals surface area contributed by atoms with Gasteiger partial charge in [-0.15, -0.1) is 0 Å². The first kappa shape index (κ1) is 17.8. The van der Waals surface area contributed by atoms with Gasteiger partial charge in [0.1, 0.15) is 5.75 Å². The quantitative estimate of drug-likeness (QED) is 0.891. The monoisotopic (exact) mass is 344 g/mol. The molecule has 2 aliphatic rings. The molecular formula is C20H28N2O3. The number of nitrogens with zero attached hydrogens (tertiary/aromatic N) is 1. The van der Waals surface area contributed by atoms with Gasteiger partial charge in [0.25, 0.3) is 0 Å². The molecule has 1 heterocycles. The second-order valence-corrected chi connectivity index (χ2v) is 8.02. The zero-order chi connectivity index (χ0) is 18.4. The minimum atomic E-state index is -0.456. The lowest BCUT2D eigenvalue weighted by atomic mass is 9.85. The molecule has 1 aliphatic carbocycles. The topological polar surface area (TPSA) is 72.6 Å². The molecule has 1 saturated carbocycles. The third-order valence-corrected chi connectivity index (χ3v) is 5.56. The van der Waals surface area contributed by atoms with E-state index in [9.17, 15) is 9.59 Å². The van der Waals surface area contributed by atoms with Crippen LogP contribution in [0.25, 0.3) is 0 Å². The SMILES string of the molecule is Cc1cc2c(cc1C)[C@]1(CCO2)C[C@H]1C(=O)N(CC(N)=O)CC(C)C. The highest BCUT2D eigenvalue weighted by Gasteiger charge is 2.61. The Bertz CT molecular complexity index is 713. The molecule has 1 spiro atoms. The zero-order valence-electron chi connectivity index (χ0n) is 15.6. The number of hydrogen-bond donors (Lipinski definition) is 1. The van der Waals surface area contributed by atoms with Gasteiger partial charge in [0.05, 0.1) is 13.2 Å². The average Bonchev–Trinajstić information content (AvgIpc) is 3.22. The Kier molecular flexibility index (Phi) is 4.52. The van der Waals surface area contributed by atoms with E-state index in [2.05, 4.69) is 26.0 Å². The van der Waals surface area contributed by atoms with Gasteiger partial charge in [-0.25, -0.2) is 0 Å². The van der Waals surface area contributed by atoms with E-state index in [1.54, 1.807) is 4.90 Å². The summed E-state index contributed by atoms with van der Waals surface area (Å²) in [6.45, 7) is 9.45. The molecule has 0 aromatic heterocycles. The van der Waals surface area contributed by atoms with Crippen molar-refractivity contribution in [1.29, 1.82) is 0 Å². The van der Waals surface area contributed by atoms with E-state index in [1.807, 2.05) is 13.8 Å². The number of nitrogens with two attached hydrogens (primary N) is 1. The Labute approximate surface area is 149 Å². The Morgan fingerprint density at radius 2 is 2.00 bits per heavy atom. The van der Waals surface area contributed by atoms with Gasteiger partial charge in [-0.05, 0) is 49.8 Å². The molecule has 2 atom stereocenters. The zero-order valence-corrected chi connectivity index (χ0v) is 15.6. The first-order valence-electron chi connectivity index (χ1n) is 9.06. The van der Waals surface area contributed by atoms with Crippen molar-refractivity contribution in [3.63, 3.8) is 0 Å². The number of fused-ring (bicyclic) bond motifs is 2. The number of hydrogen-bond acceptors (Lipinski definition) is 3. The fourth-order valence-corrected chi connectivity index (χ4v) is 4.06. The Morgan fingerprint density at radius 1 is 1.32 bits per heavy atom. The summed E-state index contributed by atoms with van der Waals surface area (Å²) in [7, 11) is 0. The number of primary amides is 1. The summed E-state index contributed by atoms with van der Waals surface area (Å²) < 4.78 is 5.85. The molecule has 2 N–H and O–H groups in total. The Morgan fingerprint density at radius 3 is 2.64 bits per heavy atom. The summed E-state index contributed by atoms with van der Waals surface area (Å²) in [6.07, 6.45) is 1.68. The predicted octanol–water partition coefficient (Wildman–Crippen LogP) is 2.31. The maximum atomic E-state index is 13.1. The van der Waals surface area contributed by atoms with E-state index < -0.39 is 5.91 Å². The summed E-state index contributed by atoms with van der Waals surface area (Å²) >= 11 is 0. The van der Waals surface area contributed by atoms with Gasteiger partial charge < -0.3 is 15.4 Å². The molecule has 136 valence electrons. The first-order chi connectivity index (χ1) is 11.7. The van der Waals surface area contributed by atoms with Gasteiger partial charge in [0.15, 0.2) is 0 Å². The van der Waals surface area contributed by atoms with Crippen molar-refractivity contribution in [2.75, 3.05) is 19.7 Å². The summed E-state index contributed by atoms with van der Waals surface area (Å²) in [5.41, 5.74) is 8.81. The van der Waals surface area contributed by atoms with Crippen LogP contribution in [0.15, 0.2) is 12.1 Å². The van der Waals surface area contributed by atoms with Gasteiger partial charge in [0, 0.05) is 23.4 Å². The Balaban J connectivity index is 1.87. The van der Waals surface area contributed by atoms with Crippen molar-refractivity contribution >= 4 is 11.8 Å². The number of rotatable bonds is 5. The van der Waals surface area contributed by atoms with Crippen LogP contribution in [0.1, 0.15) is 43.4 Å². The molecule has 2 amide bonds. The van der Waals surface area contributed by atoms with Crippen LogP contribution in [-0.2, 0) is 15.0 Å². The highest BCUT2D eigenvalue weighted by molar-refractivity contribution is 5.88. The summed E-state index contributed by atoms with van der Waals surface area (Å²) in [5, 5.41) is 0. The summed E-state index contributed by atoms with van der Waals surface area (Å²) in [5.74, 6) is 0.733. The largest absolute Gasteiger partial charge is 0.493 e. The minimum Gasteiger partial charge on any atom is -0.493 e. The van der Waals surface area contributed by atoms with Crippen LogP contribution in [0, 0.1) is 25.7 Å². The third kappa shape index (κ3) is 3.24. The van der Waals surface area contributed by atoms with Crippen LogP contribution in [0.3, 0.4) is 0 Å². The summed E-state index contributed by atoms with van der Waals surface area (Å²) in [6, 6.07) is 4.26. The van der Waals surface area contributed by atoms with E-state index >= 15 is 0 Å². The van der Waals surface area contributed by atoms with Crippen molar-refractivity contribution in [3.05, 3.63) is 28.8 Å². The summed E-state index contributed by atoms with van der Waals surface area (Å²) in [4.78, 5) is 26.1. The fourth-order valence-electron chi connectivity index (χ4n) is 4.06. The lowest BCUT2D eigenvalue weighted by molar-refractivity contribution is -0.137. The van der Waals surface area contributed by atoms with Gasteiger partial charge in [0.2, 0.25) is 11.8 Å². The molecule has 25 heavy (non-hydrogen) atoms. The van der Waals surface area contributed by atoms with Crippen molar-refractivity contribution < 1.29 is 14.3 Å². The van der Waals surface area contributed by atoms with Crippen LogP contribution in [0.4, 0.5) is 0 Å². The van der Waals surface area contributed by atoms with Crippen molar-refractivity contribution in [2.24, 2.45) is 17.6 Å². The maximum absolute atomic E-state index is 13.1. The fraction of sp³-hybridized carbons (Fsp3) is 0.600. The molecule has 5 nitrogen and oxygen atoms in total. The number of carbonyl (C=O) groups is 2. The molecule has 3 rings (SSSR count). The highest BCUT2D eigenvalue weighted by atomic mass is 16.5. The molecule has 0 bridgehead atoms. The van der Waals surface area contributed by atoms with Crippen molar-refractivity contribution in [2.45, 2.75) is 46.0 Å². The van der Waals surface area contributed by atoms with Gasteiger partial charge in [-0.3, -0.25) is 9.59 Å². The third-order valence-electron chi connectivity index (χ3n) is 5.56. The number of carbonyl (C=O) groups excluding carboxylic acids is 2. The van der Waals surface area contributed by atoms with Crippen LogP contribution in [-0.4, -0.2) is 36.4 Å². The van der Waals surface area contributed by atoms with Crippen LogP contribution >= 0.6 is 0 Å². The highest BCUT2D eigenvalue weighted by Crippen LogP contribution is 2.61. The maximum Gasteiger partial charge on any atom is 0.237 e. The smallest absolute Gasteiger partial charge is 0.237 e. The van der Waals surface area contributed by atoms with E-state index in [4.69, 9.17) is 10.5 Å². The molecular weight excluding hydrogens is 316 g/mol. The predicted molar refractivity (Wildman–Crippen MR) is 96.4 cm³/mol. The van der Waals surface area contributed by atoms with Crippen LogP contribution in [0.2, 0.25) is 0 Å². The number of benzene rings is 1. The second-order valence-electron chi connectivity index (χ2n) is 8.02. The Hall–Kier alpha value is -2.04. The van der Waals surface area contributed by atoms with Gasteiger partial charge in [-0.2, -0.15) is 0 Å². The van der Waals surface area contributed by atoms with Crippen molar-refractivity contribution in [3.8, 4) is 5.75 Å². The first-order valence-corrected chi connectivity index (χ1v) is 9.06. The molecule has 0 radical (unpaired) electrons. The van der Waals surface area contributed by atoms with E-state index in [0.29, 0.717) is 19.1 Å². The van der Waals surface area contributed by atoms with Crippen molar-refractivity contribution in [1.82, 2.24) is 4.90 Å².